The number of carbonyl (C=O) groups excluding carboxylic acids is 1. The first kappa shape index (κ1) is 15.9. The second kappa shape index (κ2) is 7.46. The molecule has 0 aromatic heterocycles. The Morgan fingerprint density at radius 3 is 2.89 bits per heavy atom. The molecule has 106 valence electrons. The molecule has 0 spiro atoms. The van der Waals surface area contributed by atoms with Crippen molar-refractivity contribution in [2.45, 2.75) is 12.8 Å². The van der Waals surface area contributed by atoms with E-state index in [0.29, 0.717) is 12.5 Å². The SMILES string of the molecule is CNCC1CCCN(C(=O)c2ccccc2F)C1.Cl. The molecule has 1 fully saturated rings. The minimum Gasteiger partial charge on any atom is -0.338 e. The molecule has 0 bridgehead atoms. The summed E-state index contributed by atoms with van der Waals surface area (Å²) < 4.78 is 13.6. The van der Waals surface area contributed by atoms with Gasteiger partial charge in [0.15, 0.2) is 0 Å². The van der Waals surface area contributed by atoms with E-state index in [-0.39, 0.29) is 23.9 Å². The summed E-state index contributed by atoms with van der Waals surface area (Å²) in [6.45, 7) is 2.35. The van der Waals surface area contributed by atoms with Gasteiger partial charge >= 0.3 is 0 Å². The van der Waals surface area contributed by atoms with Crippen LogP contribution in [0.15, 0.2) is 24.3 Å². The predicted molar refractivity (Wildman–Crippen MR) is 76.2 cm³/mol. The molecule has 1 aliphatic heterocycles. The molecule has 1 amide bonds. The summed E-state index contributed by atoms with van der Waals surface area (Å²) in [5.41, 5.74) is 0.183. The second-order valence-corrected chi connectivity index (χ2v) is 4.80. The third-order valence-electron chi connectivity index (χ3n) is 3.40. The normalized spacial score (nSPS) is 18.8. The second-order valence-electron chi connectivity index (χ2n) is 4.80. The molecule has 1 aromatic carbocycles. The fraction of sp³-hybridized carbons (Fsp3) is 0.500. The van der Waals surface area contributed by atoms with Gasteiger partial charge in [0.2, 0.25) is 0 Å². The smallest absolute Gasteiger partial charge is 0.256 e. The topological polar surface area (TPSA) is 32.3 Å². The number of hydrogen-bond donors (Lipinski definition) is 1. The molecule has 1 aliphatic rings. The maximum Gasteiger partial charge on any atom is 0.256 e. The number of amides is 1. The van der Waals surface area contributed by atoms with E-state index in [9.17, 15) is 9.18 Å². The first-order chi connectivity index (χ1) is 8.72. The molecule has 1 N–H and O–H groups in total. The summed E-state index contributed by atoms with van der Waals surface area (Å²) in [6.07, 6.45) is 2.12. The van der Waals surface area contributed by atoms with Crippen molar-refractivity contribution in [3.05, 3.63) is 35.6 Å². The molecule has 5 heteroatoms. The van der Waals surface area contributed by atoms with Crippen LogP contribution in [0.25, 0.3) is 0 Å². The van der Waals surface area contributed by atoms with E-state index >= 15 is 0 Å². The lowest BCUT2D eigenvalue weighted by Gasteiger charge is -2.32. The Kier molecular flexibility index (Phi) is 6.25. The van der Waals surface area contributed by atoms with E-state index in [1.54, 1.807) is 23.1 Å². The summed E-state index contributed by atoms with van der Waals surface area (Å²) >= 11 is 0. The highest BCUT2D eigenvalue weighted by Crippen LogP contribution is 2.19. The van der Waals surface area contributed by atoms with Crippen molar-refractivity contribution in [3.63, 3.8) is 0 Å². The molecular formula is C14H20ClFN2O. The van der Waals surface area contributed by atoms with Crippen molar-refractivity contribution in [1.29, 1.82) is 0 Å². The van der Waals surface area contributed by atoms with Gasteiger partial charge < -0.3 is 10.2 Å². The standard InChI is InChI=1S/C14H19FN2O.ClH/c1-16-9-11-5-4-8-17(10-11)14(18)12-6-2-3-7-13(12)15;/h2-3,6-7,11,16H,4-5,8-10H2,1H3;1H. The average Bonchev–Trinajstić information content (AvgIpc) is 2.39. The minimum absolute atomic E-state index is 0. The molecule has 0 saturated carbocycles. The quantitative estimate of drug-likeness (QED) is 0.925. The lowest BCUT2D eigenvalue weighted by molar-refractivity contribution is 0.0669. The van der Waals surface area contributed by atoms with Gasteiger partial charge in [-0.2, -0.15) is 0 Å². The predicted octanol–water partition coefficient (Wildman–Crippen LogP) is 2.32. The van der Waals surface area contributed by atoms with Gasteiger partial charge in [0.1, 0.15) is 5.82 Å². The summed E-state index contributed by atoms with van der Waals surface area (Å²) in [6, 6.07) is 6.19. The van der Waals surface area contributed by atoms with E-state index < -0.39 is 5.82 Å². The van der Waals surface area contributed by atoms with Crippen LogP contribution in [0.1, 0.15) is 23.2 Å². The zero-order chi connectivity index (χ0) is 13.0. The number of halogens is 2. The molecule has 19 heavy (non-hydrogen) atoms. The number of piperidine rings is 1. The monoisotopic (exact) mass is 286 g/mol. The third-order valence-corrected chi connectivity index (χ3v) is 3.40. The van der Waals surface area contributed by atoms with E-state index in [1.165, 1.54) is 6.07 Å². The van der Waals surface area contributed by atoms with Gasteiger partial charge in [0.05, 0.1) is 5.56 Å². The number of nitrogens with one attached hydrogen (secondary N) is 1. The fourth-order valence-corrected chi connectivity index (χ4v) is 2.51. The Morgan fingerprint density at radius 2 is 2.21 bits per heavy atom. The van der Waals surface area contributed by atoms with Crippen LogP contribution >= 0.6 is 12.4 Å². The Morgan fingerprint density at radius 1 is 1.47 bits per heavy atom. The number of nitrogens with zero attached hydrogens (tertiary/aromatic N) is 1. The summed E-state index contributed by atoms with van der Waals surface area (Å²) in [5.74, 6) is -0.147. The number of benzene rings is 1. The highest BCUT2D eigenvalue weighted by molar-refractivity contribution is 5.94. The Balaban J connectivity index is 0.00000180. The van der Waals surface area contributed by atoms with Crippen LogP contribution in [-0.2, 0) is 0 Å². The molecule has 1 saturated heterocycles. The Bertz CT molecular complexity index is 426. The van der Waals surface area contributed by atoms with Gasteiger partial charge in [-0.3, -0.25) is 4.79 Å². The number of likely N-dealkylation sites (tertiary alicyclic amines) is 1. The van der Waals surface area contributed by atoms with Crippen molar-refractivity contribution < 1.29 is 9.18 Å². The van der Waals surface area contributed by atoms with Gasteiger partial charge in [0, 0.05) is 13.1 Å². The molecule has 0 aliphatic carbocycles. The van der Waals surface area contributed by atoms with Gasteiger partial charge in [0.25, 0.3) is 5.91 Å². The Labute approximate surface area is 119 Å². The van der Waals surface area contributed by atoms with Crippen molar-refractivity contribution in [1.82, 2.24) is 10.2 Å². The Hall–Kier alpha value is -1.13. The third kappa shape index (κ3) is 3.91. The molecule has 1 unspecified atom stereocenters. The van der Waals surface area contributed by atoms with Gasteiger partial charge in [-0.15, -0.1) is 12.4 Å². The summed E-state index contributed by atoms with van der Waals surface area (Å²) in [5, 5.41) is 3.14. The first-order valence-electron chi connectivity index (χ1n) is 6.40. The van der Waals surface area contributed by atoms with Crippen LogP contribution in [0, 0.1) is 11.7 Å². The van der Waals surface area contributed by atoms with E-state index in [4.69, 9.17) is 0 Å². The highest BCUT2D eigenvalue weighted by atomic mass is 35.5. The van der Waals surface area contributed by atoms with Crippen molar-refractivity contribution >= 4 is 18.3 Å². The van der Waals surface area contributed by atoms with Crippen LogP contribution < -0.4 is 5.32 Å². The van der Waals surface area contributed by atoms with Gasteiger partial charge in [-0.05, 0) is 44.5 Å². The number of rotatable bonds is 3. The largest absolute Gasteiger partial charge is 0.338 e. The van der Waals surface area contributed by atoms with Crippen LogP contribution in [0.5, 0.6) is 0 Å². The van der Waals surface area contributed by atoms with Crippen molar-refractivity contribution in [3.8, 4) is 0 Å². The lowest BCUT2D eigenvalue weighted by atomic mass is 9.97. The average molecular weight is 287 g/mol. The molecule has 2 rings (SSSR count). The summed E-state index contributed by atoms with van der Waals surface area (Å²) in [4.78, 5) is 14.0. The molecular weight excluding hydrogens is 267 g/mol. The van der Waals surface area contributed by atoms with E-state index in [0.717, 1.165) is 25.9 Å². The molecule has 3 nitrogen and oxygen atoms in total. The van der Waals surface area contributed by atoms with Crippen LogP contribution in [0.3, 0.4) is 0 Å². The lowest BCUT2D eigenvalue weighted by Crippen LogP contribution is -2.42. The zero-order valence-corrected chi connectivity index (χ0v) is 11.9. The highest BCUT2D eigenvalue weighted by Gasteiger charge is 2.25. The fourth-order valence-electron chi connectivity index (χ4n) is 2.51. The van der Waals surface area contributed by atoms with Crippen LogP contribution in [-0.4, -0.2) is 37.5 Å². The van der Waals surface area contributed by atoms with Gasteiger partial charge in [-0.25, -0.2) is 4.39 Å². The zero-order valence-electron chi connectivity index (χ0n) is 11.1. The maximum atomic E-state index is 13.6. The van der Waals surface area contributed by atoms with E-state index in [2.05, 4.69) is 5.32 Å². The number of carbonyl (C=O) groups is 1. The number of hydrogen-bond acceptors (Lipinski definition) is 2. The first-order valence-corrected chi connectivity index (χ1v) is 6.40. The van der Waals surface area contributed by atoms with E-state index in [1.807, 2.05) is 7.05 Å². The van der Waals surface area contributed by atoms with Crippen LogP contribution in [0.4, 0.5) is 4.39 Å². The van der Waals surface area contributed by atoms with Crippen molar-refractivity contribution in [2.24, 2.45) is 5.92 Å². The molecule has 1 heterocycles. The molecule has 0 radical (unpaired) electrons. The molecule has 1 atom stereocenters. The van der Waals surface area contributed by atoms with Gasteiger partial charge in [-0.1, -0.05) is 12.1 Å². The van der Waals surface area contributed by atoms with Crippen LogP contribution in [0.2, 0.25) is 0 Å². The maximum absolute atomic E-state index is 13.6. The van der Waals surface area contributed by atoms with Crippen molar-refractivity contribution in [2.75, 3.05) is 26.7 Å². The molecule has 1 aromatic rings. The summed E-state index contributed by atoms with van der Waals surface area (Å²) in [7, 11) is 1.91. The minimum atomic E-state index is -0.432.